The number of aromatic nitrogens is 2. The Hall–Kier alpha value is -0.200. The summed E-state index contributed by atoms with van der Waals surface area (Å²) < 4.78 is 6.29. The zero-order valence-corrected chi connectivity index (χ0v) is 10.1. The van der Waals surface area contributed by atoms with E-state index in [2.05, 4.69) is 25.9 Å². The average Bonchev–Trinajstić information content (AvgIpc) is 2.09. The lowest BCUT2D eigenvalue weighted by Gasteiger charge is -2.03. The van der Waals surface area contributed by atoms with Crippen LogP contribution in [0.2, 0.25) is 0 Å². The minimum absolute atomic E-state index is 0.494. The lowest BCUT2D eigenvalue weighted by Crippen LogP contribution is -2.01. The monoisotopic (exact) mass is 278 g/mol. The largest absolute Gasteiger partial charge is 0.437 e. The van der Waals surface area contributed by atoms with Crippen molar-refractivity contribution >= 4 is 44.3 Å². The molecule has 13 heavy (non-hydrogen) atoms. The Labute approximate surface area is 94.4 Å². The van der Waals surface area contributed by atoms with E-state index in [9.17, 15) is 0 Å². The summed E-state index contributed by atoms with van der Waals surface area (Å²) in [5, 5.41) is 0. The van der Waals surface area contributed by atoms with Crippen LogP contribution in [0.1, 0.15) is 6.92 Å². The van der Waals surface area contributed by atoms with Crippen molar-refractivity contribution < 1.29 is 4.74 Å². The molecule has 1 rings (SSSR count). The number of thioether (sulfide) groups is 1. The molecule has 1 aromatic heterocycles. The first kappa shape index (κ1) is 10.9. The van der Waals surface area contributed by atoms with E-state index in [1.807, 2.05) is 6.92 Å². The summed E-state index contributed by atoms with van der Waals surface area (Å²) in [4.78, 5) is 7.81. The Morgan fingerprint density at radius 3 is 2.77 bits per heavy atom. The van der Waals surface area contributed by atoms with E-state index >= 15 is 0 Å². The van der Waals surface area contributed by atoms with Crippen LogP contribution in [0.4, 0.5) is 0 Å². The van der Waals surface area contributed by atoms with Gasteiger partial charge in [-0.1, -0.05) is 18.7 Å². The highest BCUT2D eigenvalue weighted by molar-refractivity contribution is 9.10. The summed E-state index contributed by atoms with van der Waals surface area (Å²) in [6, 6.07) is 0. The van der Waals surface area contributed by atoms with Crippen LogP contribution in [0.5, 0.6) is 5.75 Å². The van der Waals surface area contributed by atoms with Gasteiger partial charge in [0.2, 0.25) is 4.38 Å². The second kappa shape index (κ2) is 5.51. The minimum atomic E-state index is 0.494. The molecule has 0 unspecified atom stereocenters. The lowest BCUT2D eigenvalue weighted by atomic mass is 10.6. The highest BCUT2D eigenvalue weighted by atomic mass is 79.9. The molecular weight excluding hydrogens is 272 g/mol. The normalized spacial score (nSPS) is 9.69. The zero-order chi connectivity index (χ0) is 9.68. The fraction of sp³-hybridized carbons (Fsp3) is 0.286. The molecule has 3 nitrogen and oxygen atoms in total. The van der Waals surface area contributed by atoms with Gasteiger partial charge < -0.3 is 4.74 Å². The standard InChI is InChI=1S/C7H7BrN2OS2/c1-2-13-7(12)11-5-3-9-6(8)10-4-5/h3-4H,2H2,1H3. The Morgan fingerprint density at radius 2 is 2.23 bits per heavy atom. The van der Waals surface area contributed by atoms with Crippen LogP contribution < -0.4 is 4.74 Å². The van der Waals surface area contributed by atoms with Gasteiger partial charge in [-0.3, -0.25) is 0 Å². The molecule has 6 heteroatoms. The highest BCUT2D eigenvalue weighted by Gasteiger charge is 2.00. The van der Waals surface area contributed by atoms with Crippen molar-refractivity contribution in [1.82, 2.24) is 9.97 Å². The van der Waals surface area contributed by atoms with E-state index in [4.69, 9.17) is 17.0 Å². The molecule has 1 aromatic rings. The summed E-state index contributed by atoms with van der Waals surface area (Å²) >= 11 is 9.54. The molecule has 0 aromatic carbocycles. The fourth-order valence-corrected chi connectivity index (χ4v) is 1.64. The summed E-state index contributed by atoms with van der Waals surface area (Å²) in [7, 11) is 0. The summed E-state index contributed by atoms with van der Waals surface area (Å²) in [6.07, 6.45) is 3.14. The minimum Gasteiger partial charge on any atom is -0.437 e. The van der Waals surface area contributed by atoms with Gasteiger partial charge in [-0.05, 0) is 33.9 Å². The third kappa shape index (κ3) is 4.02. The molecule has 0 saturated carbocycles. The van der Waals surface area contributed by atoms with Crippen LogP contribution in [0.15, 0.2) is 17.1 Å². The summed E-state index contributed by atoms with van der Waals surface area (Å²) in [6.45, 7) is 2.01. The predicted octanol–water partition coefficient (Wildman–Crippen LogP) is 2.66. The quantitative estimate of drug-likeness (QED) is 0.614. The van der Waals surface area contributed by atoms with Crippen LogP contribution >= 0.6 is 39.9 Å². The van der Waals surface area contributed by atoms with Gasteiger partial charge in [-0.25, -0.2) is 9.97 Å². The van der Waals surface area contributed by atoms with Gasteiger partial charge in [0.25, 0.3) is 0 Å². The molecule has 0 N–H and O–H groups in total. The molecular formula is C7H7BrN2OS2. The predicted molar refractivity (Wildman–Crippen MR) is 61.1 cm³/mol. The molecule has 70 valence electrons. The molecule has 0 aliphatic heterocycles. The number of ether oxygens (including phenoxy) is 1. The fourth-order valence-electron chi connectivity index (χ4n) is 0.597. The van der Waals surface area contributed by atoms with Crippen LogP contribution in [-0.4, -0.2) is 20.1 Å². The molecule has 0 atom stereocenters. The molecule has 0 fully saturated rings. The van der Waals surface area contributed by atoms with Crippen molar-refractivity contribution in [3.8, 4) is 5.75 Å². The van der Waals surface area contributed by atoms with E-state index < -0.39 is 0 Å². The van der Waals surface area contributed by atoms with Crippen molar-refractivity contribution in [2.45, 2.75) is 6.92 Å². The molecule has 0 amide bonds. The van der Waals surface area contributed by atoms with Crippen LogP contribution in [0.3, 0.4) is 0 Å². The van der Waals surface area contributed by atoms with Crippen LogP contribution in [0.25, 0.3) is 0 Å². The first-order chi connectivity index (χ1) is 6.22. The van der Waals surface area contributed by atoms with Gasteiger partial charge in [-0.15, -0.1) is 0 Å². The van der Waals surface area contributed by atoms with Gasteiger partial charge in [0.15, 0.2) is 10.5 Å². The maximum absolute atomic E-state index is 5.26. The number of thiocarbonyl (C=S) groups is 1. The van der Waals surface area contributed by atoms with Gasteiger partial charge in [0.1, 0.15) is 0 Å². The van der Waals surface area contributed by atoms with E-state index in [0.717, 1.165) is 5.75 Å². The van der Waals surface area contributed by atoms with Crippen molar-refractivity contribution in [1.29, 1.82) is 0 Å². The van der Waals surface area contributed by atoms with E-state index in [0.29, 0.717) is 14.9 Å². The van der Waals surface area contributed by atoms with E-state index in [1.165, 1.54) is 11.8 Å². The lowest BCUT2D eigenvalue weighted by molar-refractivity contribution is 0.570. The molecule has 0 saturated heterocycles. The number of hydrogen-bond acceptors (Lipinski definition) is 5. The maximum atomic E-state index is 5.26. The molecule has 0 aliphatic carbocycles. The van der Waals surface area contributed by atoms with Crippen molar-refractivity contribution in [2.24, 2.45) is 0 Å². The molecule has 0 bridgehead atoms. The SMILES string of the molecule is CCSC(=S)Oc1cnc(Br)nc1. The van der Waals surface area contributed by atoms with Gasteiger partial charge in [0, 0.05) is 0 Å². The van der Waals surface area contributed by atoms with Crippen molar-refractivity contribution in [2.75, 3.05) is 5.75 Å². The average molecular weight is 279 g/mol. The van der Waals surface area contributed by atoms with Crippen molar-refractivity contribution in [3.63, 3.8) is 0 Å². The Bertz CT molecular complexity index is 291. The third-order valence-electron chi connectivity index (χ3n) is 1.06. The smallest absolute Gasteiger partial charge is 0.225 e. The van der Waals surface area contributed by atoms with Crippen LogP contribution in [0, 0.1) is 0 Å². The molecule has 0 aliphatic rings. The first-order valence-electron chi connectivity index (χ1n) is 3.54. The summed E-state index contributed by atoms with van der Waals surface area (Å²) in [5.74, 6) is 1.46. The van der Waals surface area contributed by atoms with E-state index in [-0.39, 0.29) is 0 Å². The Balaban J connectivity index is 2.54. The topological polar surface area (TPSA) is 35.0 Å². The molecule has 0 spiro atoms. The number of nitrogens with zero attached hydrogens (tertiary/aromatic N) is 2. The van der Waals surface area contributed by atoms with Gasteiger partial charge in [0.05, 0.1) is 12.4 Å². The second-order valence-electron chi connectivity index (χ2n) is 1.97. The molecule has 0 radical (unpaired) electrons. The Morgan fingerprint density at radius 1 is 1.62 bits per heavy atom. The second-order valence-corrected chi connectivity index (χ2v) is 4.55. The third-order valence-corrected chi connectivity index (χ3v) is 2.51. The van der Waals surface area contributed by atoms with E-state index in [1.54, 1.807) is 12.4 Å². The Kier molecular flexibility index (Phi) is 4.61. The van der Waals surface area contributed by atoms with Crippen molar-refractivity contribution in [3.05, 3.63) is 17.1 Å². The zero-order valence-electron chi connectivity index (χ0n) is 6.86. The summed E-state index contributed by atoms with van der Waals surface area (Å²) in [5.41, 5.74) is 0. The van der Waals surface area contributed by atoms with Gasteiger partial charge in [-0.2, -0.15) is 0 Å². The maximum Gasteiger partial charge on any atom is 0.225 e. The van der Waals surface area contributed by atoms with Gasteiger partial charge >= 0.3 is 0 Å². The number of rotatable bonds is 2. The highest BCUT2D eigenvalue weighted by Crippen LogP contribution is 2.13. The van der Waals surface area contributed by atoms with Crippen LogP contribution in [-0.2, 0) is 0 Å². The number of hydrogen-bond donors (Lipinski definition) is 0. The molecule has 1 heterocycles. The first-order valence-corrected chi connectivity index (χ1v) is 5.73. The number of halogens is 1.